The van der Waals surface area contributed by atoms with Gasteiger partial charge in [-0.25, -0.2) is 0 Å². The van der Waals surface area contributed by atoms with Crippen molar-refractivity contribution in [2.75, 3.05) is 39.9 Å². The molecular weight excluding hydrogens is 390 g/mol. The van der Waals surface area contributed by atoms with Gasteiger partial charge in [-0.1, -0.05) is 48.8 Å². The van der Waals surface area contributed by atoms with Crippen LogP contribution in [-0.2, 0) is 11.3 Å². The summed E-state index contributed by atoms with van der Waals surface area (Å²) in [6.07, 6.45) is 2.14. The highest BCUT2D eigenvalue weighted by atomic mass is 16.5. The molecule has 0 bridgehead atoms. The van der Waals surface area contributed by atoms with Crippen LogP contribution in [0, 0.1) is 6.92 Å². The zero-order valence-electron chi connectivity index (χ0n) is 19.4. The van der Waals surface area contributed by atoms with Gasteiger partial charge < -0.3 is 19.9 Å². The standard InChI is InChI=1S/C24H37N5O2/c1-5-19(6-2)22-15-21(31-28-22)16-26-24(25-4)27-17-23(29-11-13-30-14-12-29)20-9-7-18(3)8-10-20/h7-10,15,19,23H,5-6,11-14,16-17H2,1-4H3,(H2,25,26,27). The second kappa shape index (κ2) is 11.9. The van der Waals surface area contributed by atoms with E-state index in [1.165, 1.54) is 11.1 Å². The molecule has 1 aliphatic rings. The maximum absolute atomic E-state index is 5.56. The van der Waals surface area contributed by atoms with E-state index in [1.807, 2.05) is 0 Å². The van der Waals surface area contributed by atoms with Crippen LogP contribution < -0.4 is 10.6 Å². The van der Waals surface area contributed by atoms with Crippen molar-refractivity contribution in [1.29, 1.82) is 0 Å². The summed E-state index contributed by atoms with van der Waals surface area (Å²) in [6, 6.07) is 11.1. The number of aromatic nitrogens is 1. The molecule has 0 spiro atoms. The zero-order chi connectivity index (χ0) is 22.1. The molecule has 1 unspecified atom stereocenters. The summed E-state index contributed by atoms with van der Waals surface area (Å²) in [4.78, 5) is 6.87. The summed E-state index contributed by atoms with van der Waals surface area (Å²) in [5.41, 5.74) is 3.62. The van der Waals surface area contributed by atoms with Gasteiger partial charge in [-0.2, -0.15) is 0 Å². The van der Waals surface area contributed by atoms with Crippen LogP contribution >= 0.6 is 0 Å². The average molecular weight is 428 g/mol. The zero-order valence-corrected chi connectivity index (χ0v) is 19.4. The van der Waals surface area contributed by atoms with E-state index in [4.69, 9.17) is 9.26 Å². The number of rotatable bonds is 9. The minimum absolute atomic E-state index is 0.259. The maximum Gasteiger partial charge on any atom is 0.191 e. The summed E-state index contributed by atoms with van der Waals surface area (Å²) in [5, 5.41) is 11.1. The number of nitrogens with zero attached hydrogens (tertiary/aromatic N) is 3. The molecule has 7 heteroatoms. The number of nitrogens with one attached hydrogen (secondary N) is 2. The van der Waals surface area contributed by atoms with Crippen LogP contribution in [-0.4, -0.2) is 55.9 Å². The lowest BCUT2D eigenvalue weighted by Gasteiger charge is -2.35. The summed E-state index contributed by atoms with van der Waals surface area (Å²) in [6.45, 7) is 11.2. The monoisotopic (exact) mass is 427 g/mol. The lowest BCUT2D eigenvalue weighted by Crippen LogP contribution is -2.46. The van der Waals surface area contributed by atoms with Crippen LogP contribution in [0.2, 0.25) is 0 Å². The average Bonchev–Trinajstić information content (AvgIpc) is 3.27. The number of aryl methyl sites for hydroxylation is 1. The Hall–Kier alpha value is -2.38. The minimum Gasteiger partial charge on any atom is -0.379 e. The highest BCUT2D eigenvalue weighted by Crippen LogP contribution is 2.23. The Kier molecular flexibility index (Phi) is 8.91. The number of benzene rings is 1. The Labute approximate surface area is 186 Å². The van der Waals surface area contributed by atoms with E-state index in [0.29, 0.717) is 12.5 Å². The topological polar surface area (TPSA) is 74.9 Å². The van der Waals surface area contributed by atoms with E-state index in [9.17, 15) is 0 Å². The normalized spacial score (nSPS) is 16.5. The van der Waals surface area contributed by atoms with Crippen LogP contribution in [0.4, 0.5) is 0 Å². The molecule has 170 valence electrons. The van der Waals surface area contributed by atoms with Gasteiger partial charge in [0.2, 0.25) is 0 Å². The van der Waals surface area contributed by atoms with Crippen molar-refractivity contribution >= 4 is 5.96 Å². The van der Waals surface area contributed by atoms with Crippen LogP contribution in [0.1, 0.15) is 61.2 Å². The quantitative estimate of drug-likeness (QED) is 0.470. The number of aliphatic imine (C=N–C) groups is 1. The predicted octanol–water partition coefficient (Wildman–Crippen LogP) is 3.63. The largest absolute Gasteiger partial charge is 0.379 e. The second-order valence-electron chi connectivity index (χ2n) is 8.11. The maximum atomic E-state index is 5.56. The summed E-state index contributed by atoms with van der Waals surface area (Å²) in [7, 11) is 1.79. The van der Waals surface area contributed by atoms with Crippen molar-refractivity contribution in [1.82, 2.24) is 20.7 Å². The molecule has 1 aromatic heterocycles. The first kappa shape index (κ1) is 23.3. The molecule has 7 nitrogen and oxygen atoms in total. The number of guanidine groups is 1. The molecule has 1 saturated heterocycles. The first-order valence-electron chi connectivity index (χ1n) is 11.4. The minimum atomic E-state index is 0.259. The Morgan fingerprint density at radius 3 is 2.48 bits per heavy atom. The van der Waals surface area contributed by atoms with Gasteiger partial charge in [-0.05, 0) is 25.3 Å². The highest BCUT2D eigenvalue weighted by molar-refractivity contribution is 5.79. The van der Waals surface area contributed by atoms with E-state index in [1.54, 1.807) is 7.05 Å². The van der Waals surface area contributed by atoms with Gasteiger partial charge >= 0.3 is 0 Å². The van der Waals surface area contributed by atoms with E-state index in [0.717, 1.165) is 63.1 Å². The van der Waals surface area contributed by atoms with Crippen molar-refractivity contribution in [3.8, 4) is 0 Å². The Morgan fingerprint density at radius 1 is 1.13 bits per heavy atom. The van der Waals surface area contributed by atoms with Crippen molar-refractivity contribution in [2.24, 2.45) is 4.99 Å². The van der Waals surface area contributed by atoms with Crippen LogP contribution in [0.15, 0.2) is 39.8 Å². The van der Waals surface area contributed by atoms with Gasteiger partial charge in [-0.15, -0.1) is 0 Å². The molecule has 2 aromatic rings. The Balaban J connectivity index is 1.59. The SMILES string of the molecule is CCC(CC)c1cc(CNC(=NC)NCC(c2ccc(C)cc2)N2CCOCC2)on1. The van der Waals surface area contributed by atoms with E-state index in [-0.39, 0.29) is 6.04 Å². The fourth-order valence-corrected chi connectivity index (χ4v) is 4.03. The van der Waals surface area contributed by atoms with Gasteiger partial charge in [0, 0.05) is 38.7 Å². The van der Waals surface area contributed by atoms with Crippen LogP contribution in [0.5, 0.6) is 0 Å². The van der Waals surface area contributed by atoms with Gasteiger partial charge in [0.1, 0.15) is 0 Å². The smallest absolute Gasteiger partial charge is 0.191 e. The van der Waals surface area contributed by atoms with Gasteiger partial charge in [0.15, 0.2) is 11.7 Å². The van der Waals surface area contributed by atoms with E-state index >= 15 is 0 Å². The van der Waals surface area contributed by atoms with E-state index in [2.05, 4.69) is 76.8 Å². The van der Waals surface area contributed by atoms with Crippen LogP contribution in [0.25, 0.3) is 0 Å². The number of hydrogen-bond acceptors (Lipinski definition) is 5. The fourth-order valence-electron chi connectivity index (χ4n) is 4.03. The first-order valence-corrected chi connectivity index (χ1v) is 11.4. The molecule has 0 amide bonds. The molecule has 1 atom stereocenters. The summed E-state index contributed by atoms with van der Waals surface area (Å²) < 4.78 is 11.1. The van der Waals surface area contributed by atoms with Crippen LogP contribution in [0.3, 0.4) is 0 Å². The van der Waals surface area contributed by atoms with Crippen molar-refractivity contribution in [3.05, 3.63) is 52.9 Å². The summed E-state index contributed by atoms with van der Waals surface area (Å²) >= 11 is 0. The molecule has 1 aromatic carbocycles. The molecule has 3 rings (SSSR count). The van der Waals surface area contributed by atoms with Crippen molar-refractivity contribution in [2.45, 2.75) is 52.1 Å². The molecule has 0 saturated carbocycles. The summed E-state index contributed by atoms with van der Waals surface area (Å²) in [5.74, 6) is 2.04. The molecule has 2 heterocycles. The molecule has 1 aliphatic heterocycles. The highest BCUT2D eigenvalue weighted by Gasteiger charge is 2.23. The molecule has 31 heavy (non-hydrogen) atoms. The molecular formula is C24H37N5O2. The van der Waals surface area contributed by atoms with E-state index < -0.39 is 0 Å². The third-order valence-corrected chi connectivity index (χ3v) is 6.05. The number of ether oxygens (including phenoxy) is 1. The lowest BCUT2D eigenvalue weighted by molar-refractivity contribution is 0.0170. The molecule has 0 radical (unpaired) electrons. The Morgan fingerprint density at radius 2 is 1.84 bits per heavy atom. The Bertz CT molecular complexity index is 808. The molecule has 2 N–H and O–H groups in total. The van der Waals surface area contributed by atoms with Gasteiger partial charge in [0.05, 0.1) is 31.5 Å². The van der Waals surface area contributed by atoms with Gasteiger partial charge in [0.25, 0.3) is 0 Å². The lowest BCUT2D eigenvalue weighted by atomic mass is 9.99. The third-order valence-electron chi connectivity index (χ3n) is 6.05. The third kappa shape index (κ3) is 6.55. The predicted molar refractivity (Wildman–Crippen MR) is 124 cm³/mol. The number of hydrogen-bond donors (Lipinski definition) is 2. The number of morpholine rings is 1. The van der Waals surface area contributed by atoms with Gasteiger partial charge in [-0.3, -0.25) is 9.89 Å². The molecule has 1 fully saturated rings. The fraction of sp³-hybridized carbons (Fsp3) is 0.583. The first-order chi connectivity index (χ1) is 15.1. The second-order valence-corrected chi connectivity index (χ2v) is 8.11. The molecule has 0 aliphatic carbocycles. The van der Waals surface area contributed by atoms with Crippen molar-refractivity contribution < 1.29 is 9.26 Å². The van der Waals surface area contributed by atoms with Crippen molar-refractivity contribution in [3.63, 3.8) is 0 Å².